The van der Waals surface area contributed by atoms with Crippen LogP contribution in [0.3, 0.4) is 0 Å². The molecule has 0 amide bonds. The molecule has 1 saturated heterocycles. The first-order valence-corrected chi connectivity index (χ1v) is 11.1. The first-order valence-electron chi connectivity index (χ1n) is 11.1. The predicted molar refractivity (Wildman–Crippen MR) is 119 cm³/mol. The molecule has 32 heavy (non-hydrogen) atoms. The third-order valence-electron chi connectivity index (χ3n) is 4.60. The van der Waals surface area contributed by atoms with Gasteiger partial charge in [-0.1, -0.05) is 0 Å². The largest absolute Gasteiger partial charge is 0.462 e. The van der Waals surface area contributed by atoms with E-state index >= 15 is 0 Å². The molecule has 1 fully saturated rings. The lowest BCUT2D eigenvalue weighted by Crippen LogP contribution is -2.48. The van der Waals surface area contributed by atoms with Gasteiger partial charge in [-0.25, -0.2) is 14.8 Å². The molecular weight excluding hydrogens is 416 g/mol. The first kappa shape index (κ1) is 26.0. The van der Waals surface area contributed by atoms with Crippen LogP contribution in [0.25, 0.3) is 0 Å². The van der Waals surface area contributed by atoms with Gasteiger partial charge < -0.3 is 23.8 Å². The van der Waals surface area contributed by atoms with Crippen molar-refractivity contribution in [3.8, 4) is 0 Å². The highest BCUT2D eigenvalue weighted by molar-refractivity contribution is 5.88. The summed E-state index contributed by atoms with van der Waals surface area (Å²) in [6, 6.07) is 0. The Morgan fingerprint density at radius 3 is 2.19 bits per heavy atom. The van der Waals surface area contributed by atoms with Crippen LogP contribution in [0.5, 0.6) is 0 Å². The molecule has 0 radical (unpaired) electrons. The molecule has 0 spiro atoms. The summed E-state index contributed by atoms with van der Waals surface area (Å²) >= 11 is 0. The zero-order valence-corrected chi connectivity index (χ0v) is 19.7. The maximum Gasteiger partial charge on any atom is 0.341 e. The molecular formula is C22H36N4O6. The first-order chi connectivity index (χ1) is 15.3. The van der Waals surface area contributed by atoms with Crippen molar-refractivity contribution in [2.75, 3.05) is 70.7 Å². The minimum Gasteiger partial charge on any atom is -0.462 e. The maximum atomic E-state index is 11.7. The lowest BCUT2D eigenvalue weighted by atomic mass is 10.2. The molecule has 0 aliphatic carbocycles. The number of hydrogen-bond donors (Lipinski definition) is 0. The zero-order valence-electron chi connectivity index (χ0n) is 19.7. The lowest BCUT2D eigenvalue weighted by Gasteiger charge is -2.34. The third-order valence-corrected chi connectivity index (χ3v) is 4.60. The highest BCUT2D eigenvalue weighted by atomic mass is 16.6. The molecule has 10 heteroatoms. The summed E-state index contributed by atoms with van der Waals surface area (Å²) < 4.78 is 21.2. The molecule has 2 rings (SSSR count). The van der Waals surface area contributed by atoms with E-state index in [2.05, 4.69) is 19.8 Å². The van der Waals surface area contributed by atoms with Crippen LogP contribution >= 0.6 is 0 Å². The van der Waals surface area contributed by atoms with E-state index in [-0.39, 0.29) is 12.4 Å². The maximum absolute atomic E-state index is 11.7. The van der Waals surface area contributed by atoms with Crippen molar-refractivity contribution in [3.05, 3.63) is 18.0 Å². The monoisotopic (exact) mass is 452 g/mol. The van der Waals surface area contributed by atoms with Gasteiger partial charge in [0.15, 0.2) is 0 Å². The highest BCUT2D eigenvalue weighted by Gasteiger charge is 2.19. The smallest absolute Gasteiger partial charge is 0.341 e. The average Bonchev–Trinajstić information content (AvgIpc) is 2.75. The normalized spacial score (nSPS) is 14.9. The van der Waals surface area contributed by atoms with Gasteiger partial charge in [0.25, 0.3) is 0 Å². The quantitative estimate of drug-likeness (QED) is 0.343. The summed E-state index contributed by atoms with van der Waals surface area (Å²) in [6.45, 7) is 13.8. The van der Waals surface area contributed by atoms with E-state index in [4.69, 9.17) is 18.9 Å². The van der Waals surface area contributed by atoms with E-state index in [0.29, 0.717) is 44.5 Å². The van der Waals surface area contributed by atoms with Crippen molar-refractivity contribution in [2.24, 2.45) is 0 Å². The van der Waals surface area contributed by atoms with E-state index in [0.717, 1.165) is 32.7 Å². The van der Waals surface area contributed by atoms with Gasteiger partial charge in [-0.2, -0.15) is 0 Å². The summed E-state index contributed by atoms with van der Waals surface area (Å²) in [5, 5.41) is 0. The second kappa shape index (κ2) is 13.3. The molecule has 1 aliphatic heterocycles. The third kappa shape index (κ3) is 9.88. The lowest BCUT2D eigenvalue weighted by molar-refractivity contribution is -0.156. The zero-order chi connectivity index (χ0) is 23.4. The Morgan fingerprint density at radius 1 is 0.969 bits per heavy atom. The molecule has 1 aromatic heterocycles. The number of carbonyl (C=O) groups excluding carboxylic acids is 2. The Bertz CT molecular complexity index is 699. The number of esters is 2. The molecule has 0 bridgehead atoms. The Hall–Kier alpha value is -2.30. The fraction of sp³-hybridized carbons (Fsp3) is 0.727. The fourth-order valence-corrected chi connectivity index (χ4v) is 3.04. The van der Waals surface area contributed by atoms with Crippen LogP contribution in [0.4, 0.5) is 5.95 Å². The Morgan fingerprint density at radius 2 is 1.59 bits per heavy atom. The van der Waals surface area contributed by atoms with Gasteiger partial charge in [0.1, 0.15) is 5.60 Å². The Kier molecular flexibility index (Phi) is 10.8. The van der Waals surface area contributed by atoms with E-state index in [1.54, 1.807) is 6.92 Å². The van der Waals surface area contributed by atoms with Crippen LogP contribution in [0.15, 0.2) is 12.4 Å². The Labute approximate surface area is 190 Å². The number of nitrogens with zero attached hydrogens (tertiary/aromatic N) is 4. The van der Waals surface area contributed by atoms with Gasteiger partial charge in [0.2, 0.25) is 5.95 Å². The van der Waals surface area contributed by atoms with Crippen molar-refractivity contribution < 1.29 is 28.5 Å². The van der Waals surface area contributed by atoms with Gasteiger partial charge in [0, 0.05) is 45.1 Å². The number of aromatic nitrogens is 2. The summed E-state index contributed by atoms with van der Waals surface area (Å²) in [6.07, 6.45) is 3.27. The van der Waals surface area contributed by atoms with Gasteiger partial charge in [-0.3, -0.25) is 9.69 Å². The highest BCUT2D eigenvalue weighted by Crippen LogP contribution is 2.11. The fourth-order valence-electron chi connectivity index (χ4n) is 3.04. The predicted octanol–water partition coefficient (Wildman–Crippen LogP) is 1.54. The van der Waals surface area contributed by atoms with Gasteiger partial charge >= 0.3 is 11.9 Å². The molecule has 10 nitrogen and oxygen atoms in total. The standard InChI is InChI=1S/C22H36N4O6/c1-5-31-20(28)18-16-23-21(24-17-18)26-9-7-25(8-10-26)11-13-30-15-14-29-12-6-19(27)32-22(2,3)4/h16-17H,5-15H2,1-4H3. The van der Waals surface area contributed by atoms with Gasteiger partial charge in [-0.15, -0.1) is 0 Å². The molecule has 1 aromatic rings. The van der Waals surface area contributed by atoms with Crippen molar-refractivity contribution in [3.63, 3.8) is 0 Å². The summed E-state index contributed by atoms with van der Waals surface area (Å²) in [4.78, 5) is 36.3. The molecule has 0 N–H and O–H groups in total. The van der Waals surface area contributed by atoms with Crippen molar-refractivity contribution in [2.45, 2.75) is 39.7 Å². The Balaban J connectivity index is 1.52. The van der Waals surface area contributed by atoms with Crippen molar-refractivity contribution in [1.29, 1.82) is 0 Å². The van der Waals surface area contributed by atoms with Gasteiger partial charge in [0.05, 0.1) is 45.0 Å². The second-order valence-corrected chi connectivity index (χ2v) is 8.38. The van der Waals surface area contributed by atoms with Crippen LogP contribution in [0.2, 0.25) is 0 Å². The van der Waals surface area contributed by atoms with E-state index in [1.165, 1.54) is 12.4 Å². The number of piperazine rings is 1. The number of hydrogen-bond acceptors (Lipinski definition) is 10. The SMILES string of the molecule is CCOC(=O)c1cnc(N2CCN(CCOCCOCCC(=O)OC(C)(C)C)CC2)nc1. The number of ether oxygens (including phenoxy) is 4. The molecule has 2 heterocycles. The number of rotatable bonds is 12. The summed E-state index contributed by atoms with van der Waals surface area (Å²) in [5.74, 6) is -0.0345. The summed E-state index contributed by atoms with van der Waals surface area (Å²) in [7, 11) is 0. The van der Waals surface area contributed by atoms with Crippen LogP contribution < -0.4 is 4.90 Å². The van der Waals surface area contributed by atoms with Crippen LogP contribution in [0, 0.1) is 0 Å². The minimum absolute atomic E-state index is 0.247. The molecule has 180 valence electrons. The second-order valence-electron chi connectivity index (χ2n) is 8.38. The van der Waals surface area contributed by atoms with Crippen LogP contribution in [-0.4, -0.2) is 98.2 Å². The van der Waals surface area contributed by atoms with Crippen LogP contribution in [-0.2, 0) is 23.7 Å². The van der Waals surface area contributed by atoms with E-state index in [9.17, 15) is 9.59 Å². The van der Waals surface area contributed by atoms with E-state index < -0.39 is 11.6 Å². The minimum atomic E-state index is -0.465. The summed E-state index contributed by atoms with van der Waals surface area (Å²) in [5.41, 5.74) is -0.104. The number of carbonyl (C=O) groups is 2. The van der Waals surface area contributed by atoms with Crippen LogP contribution in [0.1, 0.15) is 44.5 Å². The number of anilines is 1. The molecule has 0 atom stereocenters. The molecule has 0 aromatic carbocycles. The average molecular weight is 453 g/mol. The van der Waals surface area contributed by atoms with E-state index in [1.807, 2.05) is 20.8 Å². The van der Waals surface area contributed by atoms with Crippen molar-refractivity contribution >= 4 is 17.9 Å². The van der Waals surface area contributed by atoms with Crippen molar-refractivity contribution in [1.82, 2.24) is 14.9 Å². The topological polar surface area (TPSA) is 103 Å². The molecule has 1 aliphatic rings. The molecule has 0 saturated carbocycles. The molecule has 0 unspecified atom stereocenters. The van der Waals surface area contributed by atoms with Gasteiger partial charge in [-0.05, 0) is 27.7 Å².